The molecule has 1 aliphatic rings. The zero-order valence-electron chi connectivity index (χ0n) is 9.73. The normalized spacial score (nSPS) is 14.2. The van der Waals surface area contributed by atoms with Crippen LogP contribution in [0.4, 0.5) is 10.8 Å². The van der Waals surface area contributed by atoms with E-state index < -0.39 is 0 Å². The minimum Gasteiger partial charge on any atom is -0.397 e. The molecule has 0 saturated carbocycles. The summed E-state index contributed by atoms with van der Waals surface area (Å²) >= 11 is 2.94. The summed E-state index contributed by atoms with van der Waals surface area (Å²) in [5.74, 6) is -0.159. The van der Waals surface area contributed by atoms with Gasteiger partial charge in [-0.25, -0.2) is 4.98 Å². The van der Waals surface area contributed by atoms with Gasteiger partial charge in [-0.2, -0.15) is 0 Å². The van der Waals surface area contributed by atoms with Crippen LogP contribution < -0.4 is 11.1 Å². The molecule has 0 radical (unpaired) electrons. The Morgan fingerprint density at radius 3 is 2.94 bits per heavy atom. The monoisotopic (exact) mass is 279 g/mol. The third kappa shape index (κ3) is 2.13. The van der Waals surface area contributed by atoms with Crippen LogP contribution in [0, 0.1) is 0 Å². The molecule has 0 spiro atoms. The topological polar surface area (TPSA) is 68.0 Å². The summed E-state index contributed by atoms with van der Waals surface area (Å²) in [6.45, 7) is 0. The maximum absolute atomic E-state index is 12.0. The Morgan fingerprint density at radius 2 is 2.22 bits per heavy atom. The molecule has 0 aliphatic heterocycles. The van der Waals surface area contributed by atoms with Crippen molar-refractivity contribution in [2.24, 2.45) is 0 Å². The fourth-order valence-electron chi connectivity index (χ4n) is 2.06. The Labute approximate surface area is 113 Å². The molecule has 18 heavy (non-hydrogen) atoms. The number of aromatic nitrogens is 1. The Morgan fingerprint density at radius 1 is 1.39 bits per heavy atom. The van der Waals surface area contributed by atoms with Crippen LogP contribution in [0.1, 0.15) is 33.1 Å². The Kier molecular flexibility index (Phi) is 3.05. The minimum atomic E-state index is -0.159. The second-order valence-corrected chi connectivity index (χ2v) is 6.25. The SMILES string of the molecule is Nc1ccsc1C(=O)Nc1nc2c(s1)CCCC2. The first-order valence-electron chi connectivity index (χ1n) is 5.87. The van der Waals surface area contributed by atoms with Gasteiger partial charge in [-0.05, 0) is 37.1 Å². The summed E-state index contributed by atoms with van der Waals surface area (Å²) in [4.78, 5) is 18.3. The van der Waals surface area contributed by atoms with Gasteiger partial charge in [0.2, 0.25) is 0 Å². The van der Waals surface area contributed by atoms with Crippen LogP contribution in [-0.4, -0.2) is 10.9 Å². The van der Waals surface area contributed by atoms with Crippen LogP contribution in [0.15, 0.2) is 11.4 Å². The van der Waals surface area contributed by atoms with Crippen molar-refractivity contribution in [1.82, 2.24) is 4.98 Å². The van der Waals surface area contributed by atoms with Crippen molar-refractivity contribution >= 4 is 39.4 Å². The van der Waals surface area contributed by atoms with E-state index in [-0.39, 0.29) is 5.91 Å². The highest BCUT2D eigenvalue weighted by Crippen LogP contribution is 2.30. The number of thiazole rings is 1. The van der Waals surface area contributed by atoms with E-state index in [0.717, 1.165) is 18.5 Å². The summed E-state index contributed by atoms with van der Waals surface area (Å²) in [6.07, 6.45) is 4.54. The van der Waals surface area contributed by atoms with Crippen LogP contribution in [0.3, 0.4) is 0 Å². The number of nitrogens with zero attached hydrogens (tertiary/aromatic N) is 1. The molecule has 3 rings (SSSR count). The lowest BCUT2D eigenvalue weighted by Crippen LogP contribution is -2.11. The maximum Gasteiger partial charge on any atom is 0.269 e. The number of thiophene rings is 1. The van der Waals surface area contributed by atoms with Gasteiger partial charge in [-0.15, -0.1) is 22.7 Å². The number of fused-ring (bicyclic) bond motifs is 1. The van der Waals surface area contributed by atoms with Crippen LogP contribution in [0.25, 0.3) is 0 Å². The highest BCUT2D eigenvalue weighted by atomic mass is 32.1. The van der Waals surface area contributed by atoms with Gasteiger partial charge < -0.3 is 5.73 Å². The summed E-state index contributed by atoms with van der Waals surface area (Å²) in [7, 11) is 0. The smallest absolute Gasteiger partial charge is 0.269 e. The van der Waals surface area contributed by atoms with Gasteiger partial charge in [0.05, 0.1) is 11.4 Å². The molecule has 2 aromatic rings. The summed E-state index contributed by atoms with van der Waals surface area (Å²) in [5, 5.41) is 5.35. The largest absolute Gasteiger partial charge is 0.397 e. The quantitative estimate of drug-likeness (QED) is 0.888. The number of hydrogen-bond acceptors (Lipinski definition) is 5. The van der Waals surface area contributed by atoms with Crippen LogP contribution in [-0.2, 0) is 12.8 Å². The Hall–Kier alpha value is -1.40. The van der Waals surface area contributed by atoms with Gasteiger partial charge in [0.15, 0.2) is 5.13 Å². The number of carbonyl (C=O) groups excluding carboxylic acids is 1. The van der Waals surface area contributed by atoms with E-state index in [0.29, 0.717) is 15.7 Å². The van der Waals surface area contributed by atoms with Crippen molar-refractivity contribution in [3.8, 4) is 0 Å². The standard InChI is InChI=1S/C12H13N3OS2/c13-7-5-6-17-10(7)11(16)15-12-14-8-3-1-2-4-9(8)18-12/h5-6H,1-4,13H2,(H,14,15,16). The molecule has 94 valence electrons. The fourth-order valence-corrected chi connectivity index (χ4v) is 3.82. The van der Waals surface area contributed by atoms with Crippen molar-refractivity contribution in [2.45, 2.75) is 25.7 Å². The zero-order chi connectivity index (χ0) is 12.5. The third-order valence-corrected chi connectivity index (χ3v) is 4.97. The van der Waals surface area contributed by atoms with Crippen molar-refractivity contribution in [2.75, 3.05) is 11.1 Å². The lowest BCUT2D eigenvalue weighted by atomic mass is 10.0. The Balaban J connectivity index is 1.79. The minimum absolute atomic E-state index is 0.159. The van der Waals surface area contributed by atoms with E-state index in [1.807, 2.05) is 5.38 Å². The lowest BCUT2D eigenvalue weighted by Gasteiger charge is -2.06. The number of anilines is 2. The summed E-state index contributed by atoms with van der Waals surface area (Å²) < 4.78 is 0. The number of nitrogen functional groups attached to an aromatic ring is 1. The van der Waals surface area contributed by atoms with E-state index in [1.54, 1.807) is 17.4 Å². The predicted molar refractivity (Wildman–Crippen MR) is 75.4 cm³/mol. The highest BCUT2D eigenvalue weighted by Gasteiger charge is 2.18. The van der Waals surface area contributed by atoms with E-state index >= 15 is 0 Å². The van der Waals surface area contributed by atoms with Crippen LogP contribution >= 0.6 is 22.7 Å². The number of aryl methyl sites for hydroxylation is 2. The van der Waals surface area contributed by atoms with Crippen molar-refractivity contribution in [3.05, 3.63) is 26.9 Å². The number of nitrogens with one attached hydrogen (secondary N) is 1. The molecule has 1 aliphatic carbocycles. The molecule has 0 atom stereocenters. The molecule has 4 nitrogen and oxygen atoms in total. The molecule has 2 heterocycles. The fraction of sp³-hybridized carbons (Fsp3) is 0.333. The molecule has 0 aromatic carbocycles. The number of hydrogen-bond donors (Lipinski definition) is 2. The van der Waals surface area contributed by atoms with Gasteiger partial charge in [0.1, 0.15) is 4.88 Å². The molecule has 2 aromatic heterocycles. The third-order valence-electron chi connectivity index (χ3n) is 2.97. The van der Waals surface area contributed by atoms with E-state index in [9.17, 15) is 4.79 Å². The summed E-state index contributed by atoms with van der Waals surface area (Å²) in [6, 6.07) is 1.74. The van der Waals surface area contributed by atoms with Crippen molar-refractivity contribution in [3.63, 3.8) is 0 Å². The molecule has 0 bridgehead atoms. The first-order valence-corrected chi connectivity index (χ1v) is 7.56. The van der Waals surface area contributed by atoms with E-state index in [2.05, 4.69) is 10.3 Å². The van der Waals surface area contributed by atoms with Gasteiger partial charge in [0.25, 0.3) is 5.91 Å². The van der Waals surface area contributed by atoms with Gasteiger partial charge in [-0.3, -0.25) is 10.1 Å². The first kappa shape index (κ1) is 11.7. The molecular formula is C12H13N3OS2. The average Bonchev–Trinajstić information content (AvgIpc) is 2.94. The molecule has 0 unspecified atom stereocenters. The molecule has 1 amide bonds. The molecule has 3 N–H and O–H groups in total. The van der Waals surface area contributed by atoms with Gasteiger partial charge in [0, 0.05) is 4.88 Å². The predicted octanol–water partition coefficient (Wildman–Crippen LogP) is 2.92. The number of nitrogens with two attached hydrogens (primary N) is 1. The highest BCUT2D eigenvalue weighted by molar-refractivity contribution is 7.16. The lowest BCUT2D eigenvalue weighted by molar-refractivity contribution is 0.103. The second kappa shape index (κ2) is 4.70. The average molecular weight is 279 g/mol. The maximum atomic E-state index is 12.0. The number of carbonyl (C=O) groups is 1. The van der Waals surface area contributed by atoms with Gasteiger partial charge >= 0.3 is 0 Å². The van der Waals surface area contributed by atoms with Crippen LogP contribution in [0.2, 0.25) is 0 Å². The number of rotatable bonds is 2. The molecular weight excluding hydrogens is 266 g/mol. The molecule has 0 fully saturated rings. The van der Waals surface area contributed by atoms with Crippen LogP contribution in [0.5, 0.6) is 0 Å². The van der Waals surface area contributed by atoms with E-state index in [4.69, 9.17) is 5.73 Å². The molecule has 6 heteroatoms. The molecule has 0 saturated heterocycles. The number of amides is 1. The first-order chi connectivity index (χ1) is 8.74. The second-order valence-electron chi connectivity index (χ2n) is 4.26. The van der Waals surface area contributed by atoms with E-state index in [1.165, 1.54) is 29.1 Å². The van der Waals surface area contributed by atoms with Crippen molar-refractivity contribution < 1.29 is 4.79 Å². The van der Waals surface area contributed by atoms with Gasteiger partial charge in [-0.1, -0.05) is 0 Å². The zero-order valence-corrected chi connectivity index (χ0v) is 11.4. The Bertz CT molecular complexity index is 564. The summed E-state index contributed by atoms with van der Waals surface area (Å²) in [5.41, 5.74) is 7.41. The van der Waals surface area contributed by atoms with Crippen molar-refractivity contribution in [1.29, 1.82) is 0 Å².